The third-order valence-corrected chi connectivity index (χ3v) is 3.43. The van der Waals surface area contributed by atoms with E-state index in [1.165, 1.54) is 0 Å². The fraction of sp³-hybridized carbons (Fsp3) is 0.600. The summed E-state index contributed by atoms with van der Waals surface area (Å²) in [6.07, 6.45) is 0.385. The van der Waals surface area contributed by atoms with Crippen molar-refractivity contribution in [1.82, 2.24) is 9.78 Å². The molecule has 1 aromatic rings. The summed E-state index contributed by atoms with van der Waals surface area (Å²) in [6.45, 7) is 1.95. The van der Waals surface area contributed by atoms with Crippen LogP contribution in [0.5, 0.6) is 0 Å². The van der Waals surface area contributed by atoms with E-state index in [4.69, 9.17) is 5.11 Å². The van der Waals surface area contributed by atoms with Crippen LogP contribution in [0.1, 0.15) is 41.0 Å². The third kappa shape index (κ3) is 0.923. The van der Waals surface area contributed by atoms with Gasteiger partial charge in [-0.3, -0.25) is 4.68 Å². The smallest absolute Gasteiger partial charge is 0.356 e. The molecular formula is C10H10F2N2O2. The van der Waals surface area contributed by atoms with Crippen molar-refractivity contribution in [2.45, 2.75) is 31.7 Å². The van der Waals surface area contributed by atoms with Crippen LogP contribution < -0.4 is 0 Å². The van der Waals surface area contributed by atoms with Crippen LogP contribution in [-0.2, 0) is 12.5 Å². The van der Waals surface area contributed by atoms with Gasteiger partial charge in [-0.05, 0) is 19.3 Å². The lowest BCUT2D eigenvalue weighted by atomic mass is 10.1. The number of alkyl halides is 2. The summed E-state index contributed by atoms with van der Waals surface area (Å²) in [6, 6.07) is 0. The molecule has 0 unspecified atom stereocenters. The second-order valence-corrected chi connectivity index (χ2v) is 4.30. The summed E-state index contributed by atoms with van der Waals surface area (Å²) in [7, 11) is 0. The monoisotopic (exact) mass is 228 g/mol. The zero-order valence-electron chi connectivity index (χ0n) is 8.57. The fourth-order valence-corrected chi connectivity index (χ4v) is 2.66. The van der Waals surface area contributed by atoms with Crippen molar-refractivity contribution in [1.29, 1.82) is 0 Å². The number of carbonyl (C=O) groups is 1. The highest BCUT2D eigenvalue weighted by Gasteiger charge is 2.67. The van der Waals surface area contributed by atoms with Gasteiger partial charge in [-0.25, -0.2) is 4.79 Å². The van der Waals surface area contributed by atoms with Crippen molar-refractivity contribution in [3.05, 3.63) is 17.0 Å². The molecule has 4 nitrogen and oxygen atoms in total. The number of carboxylic acids is 1. The Kier molecular flexibility index (Phi) is 1.59. The van der Waals surface area contributed by atoms with Gasteiger partial charge in [0.25, 0.3) is 5.92 Å². The van der Waals surface area contributed by atoms with Crippen LogP contribution in [0.3, 0.4) is 0 Å². The highest BCUT2D eigenvalue weighted by Crippen LogP contribution is 2.67. The van der Waals surface area contributed by atoms with E-state index in [-0.39, 0.29) is 29.4 Å². The van der Waals surface area contributed by atoms with Gasteiger partial charge in [0.15, 0.2) is 5.69 Å². The van der Waals surface area contributed by atoms with Gasteiger partial charge in [0.1, 0.15) is 5.69 Å². The number of fused-ring (bicyclic) bond motifs is 3. The van der Waals surface area contributed by atoms with E-state index in [2.05, 4.69) is 5.10 Å². The first-order valence-electron chi connectivity index (χ1n) is 5.20. The van der Waals surface area contributed by atoms with Crippen molar-refractivity contribution in [3.8, 4) is 0 Å². The molecule has 2 aliphatic carbocycles. The van der Waals surface area contributed by atoms with Gasteiger partial charge in [0, 0.05) is 18.0 Å². The van der Waals surface area contributed by atoms with Crippen LogP contribution in [0.2, 0.25) is 0 Å². The number of carboxylic acid groups (broad SMARTS) is 1. The second kappa shape index (κ2) is 2.61. The van der Waals surface area contributed by atoms with Gasteiger partial charge in [-0.2, -0.15) is 13.9 Å². The molecule has 0 amide bonds. The molecule has 1 fully saturated rings. The summed E-state index contributed by atoms with van der Waals surface area (Å²) >= 11 is 0. The summed E-state index contributed by atoms with van der Waals surface area (Å²) in [4.78, 5) is 10.9. The minimum Gasteiger partial charge on any atom is -0.476 e. The van der Waals surface area contributed by atoms with Crippen LogP contribution in [0, 0.1) is 5.92 Å². The number of rotatable bonds is 2. The van der Waals surface area contributed by atoms with Gasteiger partial charge in [0.05, 0.1) is 0 Å². The molecule has 2 atom stereocenters. The Labute approximate surface area is 89.9 Å². The molecule has 2 aliphatic rings. The maximum atomic E-state index is 13.8. The van der Waals surface area contributed by atoms with E-state index in [0.29, 0.717) is 6.42 Å². The second-order valence-electron chi connectivity index (χ2n) is 4.30. The summed E-state index contributed by atoms with van der Waals surface area (Å²) in [5, 5.41) is 12.7. The SMILES string of the molecule is CCn1nc(C(=O)O)c2c1C(F)(F)[C@@H]1C[C@H]21. The maximum Gasteiger partial charge on any atom is 0.356 e. The van der Waals surface area contributed by atoms with Gasteiger partial charge in [-0.1, -0.05) is 0 Å². The number of aromatic nitrogens is 2. The van der Waals surface area contributed by atoms with Gasteiger partial charge in [0.2, 0.25) is 0 Å². The first-order valence-corrected chi connectivity index (χ1v) is 5.20. The highest BCUT2D eigenvalue weighted by molar-refractivity contribution is 5.88. The number of hydrogen-bond donors (Lipinski definition) is 1. The van der Waals surface area contributed by atoms with Gasteiger partial charge >= 0.3 is 5.97 Å². The molecule has 0 aliphatic heterocycles. The van der Waals surface area contributed by atoms with Crippen molar-refractivity contribution < 1.29 is 18.7 Å². The predicted molar refractivity (Wildman–Crippen MR) is 49.6 cm³/mol. The van der Waals surface area contributed by atoms with E-state index >= 15 is 0 Å². The molecule has 1 heterocycles. The first kappa shape index (κ1) is 9.74. The molecule has 1 saturated carbocycles. The van der Waals surface area contributed by atoms with E-state index in [1.807, 2.05) is 0 Å². The number of halogens is 2. The lowest BCUT2D eigenvalue weighted by Crippen LogP contribution is -2.19. The Hall–Kier alpha value is -1.46. The average Bonchev–Trinajstić information content (AvgIpc) is 2.85. The molecule has 16 heavy (non-hydrogen) atoms. The van der Waals surface area contributed by atoms with Crippen LogP contribution in [-0.4, -0.2) is 20.9 Å². The van der Waals surface area contributed by atoms with E-state index in [0.717, 1.165) is 4.68 Å². The van der Waals surface area contributed by atoms with Crippen LogP contribution in [0.15, 0.2) is 0 Å². The lowest BCUT2D eigenvalue weighted by molar-refractivity contribution is -0.0309. The number of hydrogen-bond acceptors (Lipinski definition) is 2. The molecule has 1 N–H and O–H groups in total. The van der Waals surface area contributed by atoms with E-state index in [1.54, 1.807) is 6.92 Å². The fourth-order valence-electron chi connectivity index (χ4n) is 2.66. The van der Waals surface area contributed by atoms with Crippen LogP contribution >= 0.6 is 0 Å². The largest absolute Gasteiger partial charge is 0.476 e. The van der Waals surface area contributed by atoms with Crippen molar-refractivity contribution >= 4 is 5.97 Å². The van der Waals surface area contributed by atoms with Crippen molar-refractivity contribution in [2.24, 2.45) is 5.92 Å². The zero-order chi connectivity index (χ0) is 11.7. The molecular weight excluding hydrogens is 218 g/mol. The minimum atomic E-state index is -2.91. The van der Waals surface area contributed by atoms with E-state index < -0.39 is 17.8 Å². The number of nitrogens with zero attached hydrogens (tertiary/aromatic N) is 2. The lowest BCUT2D eigenvalue weighted by Gasteiger charge is -2.14. The molecule has 6 heteroatoms. The molecule has 0 radical (unpaired) electrons. The number of aryl methyl sites for hydroxylation is 1. The molecule has 0 saturated heterocycles. The molecule has 86 valence electrons. The Morgan fingerprint density at radius 1 is 1.69 bits per heavy atom. The normalized spacial score (nSPS) is 28.7. The maximum absolute atomic E-state index is 13.8. The van der Waals surface area contributed by atoms with E-state index in [9.17, 15) is 13.6 Å². The van der Waals surface area contributed by atoms with Crippen LogP contribution in [0.25, 0.3) is 0 Å². The van der Waals surface area contributed by atoms with Gasteiger partial charge < -0.3 is 5.11 Å². The molecule has 0 aromatic carbocycles. The summed E-state index contributed by atoms with van der Waals surface area (Å²) < 4.78 is 28.8. The third-order valence-electron chi connectivity index (χ3n) is 3.43. The zero-order valence-corrected chi connectivity index (χ0v) is 8.57. The first-order chi connectivity index (χ1) is 7.48. The summed E-state index contributed by atoms with van der Waals surface area (Å²) in [5.74, 6) is -5.11. The van der Waals surface area contributed by atoms with Crippen molar-refractivity contribution in [2.75, 3.05) is 0 Å². The van der Waals surface area contributed by atoms with Gasteiger partial charge in [-0.15, -0.1) is 0 Å². The number of aromatic carboxylic acids is 1. The Bertz CT molecular complexity index is 495. The highest BCUT2D eigenvalue weighted by atomic mass is 19.3. The quantitative estimate of drug-likeness (QED) is 0.839. The standard InChI is InChI=1S/C10H10F2N2O2/c1-2-14-8-6(7(13-14)9(15)16)4-3-5(4)10(8,11)12/h4-5H,2-3H2,1H3,(H,15,16)/t4-,5+/m0/s1. The molecule has 0 bridgehead atoms. The molecule has 1 aromatic heterocycles. The van der Waals surface area contributed by atoms with Crippen LogP contribution in [0.4, 0.5) is 8.78 Å². The Morgan fingerprint density at radius 3 is 2.94 bits per heavy atom. The topological polar surface area (TPSA) is 55.1 Å². The van der Waals surface area contributed by atoms with Crippen molar-refractivity contribution in [3.63, 3.8) is 0 Å². The Balaban J connectivity index is 2.26. The molecule has 0 spiro atoms. The summed E-state index contributed by atoms with van der Waals surface area (Å²) in [5.41, 5.74) is -0.0977. The Morgan fingerprint density at radius 2 is 2.38 bits per heavy atom. The average molecular weight is 228 g/mol. The molecule has 3 rings (SSSR count). The minimum absolute atomic E-state index is 0.173. The predicted octanol–water partition coefficient (Wildman–Crippen LogP) is 1.81.